The normalized spacial score (nSPS) is 11.1. The zero-order valence-corrected chi connectivity index (χ0v) is 17.9. The second kappa shape index (κ2) is 8.24. The van der Waals surface area contributed by atoms with Crippen molar-refractivity contribution in [3.05, 3.63) is 95.2 Å². The Morgan fingerprint density at radius 3 is 2.78 bits per heavy atom. The van der Waals surface area contributed by atoms with Gasteiger partial charge in [-0.15, -0.1) is 5.10 Å². The van der Waals surface area contributed by atoms with Crippen molar-refractivity contribution in [3.63, 3.8) is 0 Å². The van der Waals surface area contributed by atoms with Gasteiger partial charge < -0.3 is 5.32 Å². The maximum atomic E-state index is 12.8. The van der Waals surface area contributed by atoms with Crippen LogP contribution in [0.15, 0.2) is 73.2 Å². The number of rotatable bonds is 5. The van der Waals surface area contributed by atoms with Gasteiger partial charge in [-0.3, -0.25) is 9.78 Å². The Kier molecular flexibility index (Phi) is 5.12. The molecule has 0 saturated carbocycles. The molecule has 0 unspecified atom stereocenters. The molecule has 3 heterocycles. The fraction of sp³-hybridized carbons (Fsp3) is 0.0870. The van der Waals surface area contributed by atoms with Crippen LogP contribution in [0.2, 0.25) is 5.02 Å². The zero-order valence-electron chi connectivity index (χ0n) is 17.1. The molecule has 0 spiro atoms. The molecule has 8 nitrogen and oxygen atoms in total. The topological polar surface area (TPSA) is 90.5 Å². The molecular weight excluding hydrogens is 426 g/mol. The molecule has 0 aliphatic rings. The number of hydrogen-bond acceptors (Lipinski definition) is 5. The highest BCUT2D eigenvalue weighted by atomic mass is 35.5. The smallest absolute Gasteiger partial charge is 0.274 e. The second-order valence-electron chi connectivity index (χ2n) is 7.23. The van der Waals surface area contributed by atoms with Crippen LogP contribution >= 0.6 is 11.6 Å². The summed E-state index contributed by atoms with van der Waals surface area (Å²) in [4.78, 5) is 17.2. The van der Waals surface area contributed by atoms with Crippen molar-refractivity contribution in [1.29, 1.82) is 0 Å². The van der Waals surface area contributed by atoms with E-state index < -0.39 is 0 Å². The SMILES string of the molecule is Cc1c(C(=O)NCc2cnn(-c3ccc(Cl)cc3)c2)nnn1-c1cccc2ncccc12. The van der Waals surface area contributed by atoms with Crippen molar-refractivity contribution in [2.24, 2.45) is 0 Å². The first-order valence-corrected chi connectivity index (χ1v) is 10.3. The van der Waals surface area contributed by atoms with Gasteiger partial charge in [-0.2, -0.15) is 5.10 Å². The van der Waals surface area contributed by atoms with Gasteiger partial charge in [0.25, 0.3) is 5.91 Å². The summed E-state index contributed by atoms with van der Waals surface area (Å²) < 4.78 is 3.39. The summed E-state index contributed by atoms with van der Waals surface area (Å²) in [7, 11) is 0. The molecule has 0 bridgehead atoms. The van der Waals surface area contributed by atoms with Gasteiger partial charge in [-0.1, -0.05) is 22.9 Å². The van der Waals surface area contributed by atoms with Gasteiger partial charge in [0.15, 0.2) is 5.69 Å². The molecule has 2 aromatic carbocycles. The Morgan fingerprint density at radius 1 is 1.09 bits per heavy atom. The number of nitrogens with one attached hydrogen (secondary N) is 1. The molecule has 3 aromatic heterocycles. The summed E-state index contributed by atoms with van der Waals surface area (Å²) in [5.74, 6) is -0.300. The first kappa shape index (κ1) is 19.9. The quantitative estimate of drug-likeness (QED) is 0.445. The molecule has 0 aliphatic heterocycles. The number of pyridine rings is 1. The summed E-state index contributed by atoms with van der Waals surface area (Å²) in [5.41, 5.74) is 4.34. The Bertz CT molecular complexity index is 1420. The van der Waals surface area contributed by atoms with Crippen molar-refractivity contribution in [2.75, 3.05) is 0 Å². The van der Waals surface area contributed by atoms with Crippen molar-refractivity contribution in [1.82, 2.24) is 35.1 Å². The lowest BCUT2D eigenvalue weighted by atomic mass is 10.2. The third kappa shape index (κ3) is 3.72. The van der Waals surface area contributed by atoms with E-state index in [-0.39, 0.29) is 11.6 Å². The lowest BCUT2D eigenvalue weighted by Crippen LogP contribution is -2.24. The van der Waals surface area contributed by atoms with Gasteiger partial charge in [0.05, 0.1) is 28.8 Å². The highest BCUT2D eigenvalue weighted by molar-refractivity contribution is 6.30. The second-order valence-corrected chi connectivity index (χ2v) is 7.67. The van der Waals surface area contributed by atoms with Crippen molar-refractivity contribution < 1.29 is 4.79 Å². The fourth-order valence-electron chi connectivity index (χ4n) is 3.49. The number of benzene rings is 2. The predicted octanol–water partition coefficient (Wildman–Crippen LogP) is 3.89. The summed E-state index contributed by atoms with van der Waals surface area (Å²) in [6, 6.07) is 17.0. The molecule has 158 valence electrons. The molecule has 0 radical (unpaired) electrons. The summed E-state index contributed by atoms with van der Waals surface area (Å²) >= 11 is 5.94. The lowest BCUT2D eigenvalue weighted by molar-refractivity contribution is 0.0945. The van der Waals surface area contributed by atoms with Crippen LogP contribution in [0.25, 0.3) is 22.3 Å². The molecule has 0 saturated heterocycles. The van der Waals surface area contributed by atoms with E-state index in [4.69, 9.17) is 11.6 Å². The number of carbonyl (C=O) groups is 1. The number of hydrogen-bond donors (Lipinski definition) is 1. The first-order chi connectivity index (χ1) is 15.6. The van der Waals surface area contributed by atoms with Gasteiger partial charge in [0.1, 0.15) is 0 Å². The van der Waals surface area contributed by atoms with E-state index in [1.54, 1.807) is 33.9 Å². The minimum Gasteiger partial charge on any atom is -0.346 e. The van der Waals surface area contributed by atoms with Crippen LogP contribution in [0, 0.1) is 6.92 Å². The van der Waals surface area contributed by atoms with E-state index in [0.29, 0.717) is 17.3 Å². The molecule has 32 heavy (non-hydrogen) atoms. The largest absolute Gasteiger partial charge is 0.346 e. The standard InChI is InChI=1S/C23H18ClN7O/c1-15-22(28-29-31(15)21-6-2-5-20-19(21)4-3-11-25-20)23(32)26-12-16-13-27-30(14-16)18-9-7-17(24)8-10-18/h2-11,13-14H,12H2,1H3,(H,26,32). The van der Waals surface area contributed by atoms with Crippen molar-refractivity contribution in [2.45, 2.75) is 13.5 Å². The van der Waals surface area contributed by atoms with Crippen LogP contribution < -0.4 is 5.32 Å². The van der Waals surface area contributed by atoms with E-state index >= 15 is 0 Å². The number of halogens is 1. The fourth-order valence-corrected chi connectivity index (χ4v) is 3.62. The Balaban J connectivity index is 1.33. The molecule has 5 rings (SSSR count). The molecule has 9 heteroatoms. The monoisotopic (exact) mass is 443 g/mol. The zero-order chi connectivity index (χ0) is 22.1. The van der Waals surface area contributed by atoms with Crippen LogP contribution in [-0.2, 0) is 6.54 Å². The molecule has 0 atom stereocenters. The first-order valence-electron chi connectivity index (χ1n) is 9.94. The number of nitrogens with zero attached hydrogens (tertiary/aromatic N) is 6. The summed E-state index contributed by atoms with van der Waals surface area (Å²) in [6.45, 7) is 2.14. The average Bonchev–Trinajstić information content (AvgIpc) is 3.44. The maximum Gasteiger partial charge on any atom is 0.274 e. The van der Waals surface area contributed by atoms with Crippen LogP contribution in [-0.4, -0.2) is 35.7 Å². The highest BCUT2D eigenvalue weighted by Gasteiger charge is 2.18. The Labute approximate surface area is 188 Å². The van der Waals surface area contributed by atoms with E-state index in [0.717, 1.165) is 27.8 Å². The van der Waals surface area contributed by atoms with E-state index in [2.05, 4.69) is 25.7 Å². The Morgan fingerprint density at radius 2 is 1.94 bits per heavy atom. The number of fused-ring (bicyclic) bond motifs is 1. The van der Waals surface area contributed by atoms with Gasteiger partial charge in [-0.05, 0) is 55.5 Å². The molecule has 0 aliphatic carbocycles. The van der Waals surface area contributed by atoms with Crippen LogP contribution in [0.5, 0.6) is 0 Å². The number of amides is 1. The van der Waals surface area contributed by atoms with E-state index in [1.807, 2.05) is 55.6 Å². The average molecular weight is 444 g/mol. The number of aromatic nitrogens is 6. The summed E-state index contributed by atoms with van der Waals surface area (Å²) in [6.07, 6.45) is 5.31. The van der Waals surface area contributed by atoms with Gasteiger partial charge in [0, 0.05) is 34.9 Å². The molecular formula is C23H18ClN7O. The highest BCUT2D eigenvalue weighted by Crippen LogP contribution is 2.22. The van der Waals surface area contributed by atoms with Gasteiger partial charge in [0.2, 0.25) is 0 Å². The van der Waals surface area contributed by atoms with Crippen LogP contribution in [0.1, 0.15) is 21.7 Å². The minimum atomic E-state index is -0.300. The molecule has 5 aromatic rings. The number of carbonyl (C=O) groups excluding carboxylic acids is 1. The van der Waals surface area contributed by atoms with Crippen LogP contribution in [0.4, 0.5) is 0 Å². The molecule has 0 fully saturated rings. The van der Waals surface area contributed by atoms with Gasteiger partial charge >= 0.3 is 0 Å². The van der Waals surface area contributed by atoms with E-state index in [1.165, 1.54) is 0 Å². The van der Waals surface area contributed by atoms with Gasteiger partial charge in [-0.25, -0.2) is 9.36 Å². The minimum absolute atomic E-state index is 0.274. The lowest BCUT2D eigenvalue weighted by Gasteiger charge is -2.07. The van der Waals surface area contributed by atoms with Crippen molar-refractivity contribution in [3.8, 4) is 11.4 Å². The third-order valence-corrected chi connectivity index (χ3v) is 5.39. The predicted molar refractivity (Wildman–Crippen MR) is 121 cm³/mol. The Hall–Kier alpha value is -4.04. The molecule has 1 amide bonds. The third-order valence-electron chi connectivity index (χ3n) is 5.14. The maximum absolute atomic E-state index is 12.8. The summed E-state index contributed by atoms with van der Waals surface area (Å²) in [5, 5.41) is 17.2. The van der Waals surface area contributed by atoms with Crippen molar-refractivity contribution >= 4 is 28.4 Å². The molecule has 1 N–H and O–H groups in total. The van der Waals surface area contributed by atoms with Crippen LogP contribution in [0.3, 0.4) is 0 Å². The van der Waals surface area contributed by atoms with E-state index in [9.17, 15) is 4.79 Å².